The minimum atomic E-state index is 0.0949. The molecule has 0 aromatic carbocycles. The molecule has 4 unspecified atom stereocenters. The summed E-state index contributed by atoms with van der Waals surface area (Å²) in [5.41, 5.74) is 0. The topological polar surface area (TPSA) is 63.0 Å². The minimum Gasteiger partial charge on any atom is -0.406 e. The molecular weight excluding hydrogens is 228 g/mol. The standard InChI is InChI=1S/C13H24N4O/c1-5-10-6-7-11(8(10)2)15-13-17-16-12(18-13)9(3)14-4/h8-11,14H,5-7H2,1-4H3,(H,15,17). The fourth-order valence-electron chi connectivity index (χ4n) is 2.78. The smallest absolute Gasteiger partial charge is 0.315 e. The van der Waals surface area contributed by atoms with Gasteiger partial charge in [-0.3, -0.25) is 0 Å². The Morgan fingerprint density at radius 1 is 1.39 bits per heavy atom. The van der Waals surface area contributed by atoms with Gasteiger partial charge in [-0.05, 0) is 38.6 Å². The lowest BCUT2D eigenvalue weighted by molar-refractivity contribution is 0.384. The Morgan fingerprint density at radius 2 is 2.17 bits per heavy atom. The molecule has 0 aliphatic heterocycles. The highest BCUT2D eigenvalue weighted by Crippen LogP contribution is 2.35. The summed E-state index contributed by atoms with van der Waals surface area (Å²) in [5, 5.41) is 14.6. The van der Waals surface area contributed by atoms with E-state index in [0.29, 0.717) is 23.9 Å². The van der Waals surface area contributed by atoms with Crippen LogP contribution in [-0.4, -0.2) is 23.3 Å². The predicted octanol–water partition coefficient (Wildman–Crippen LogP) is 2.59. The van der Waals surface area contributed by atoms with E-state index in [4.69, 9.17) is 4.42 Å². The first kappa shape index (κ1) is 13.3. The third kappa shape index (κ3) is 2.66. The van der Waals surface area contributed by atoms with Crippen molar-refractivity contribution in [1.29, 1.82) is 0 Å². The molecular formula is C13H24N4O. The van der Waals surface area contributed by atoms with Gasteiger partial charge in [-0.1, -0.05) is 25.4 Å². The van der Waals surface area contributed by atoms with E-state index >= 15 is 0 Å². The molecule has 1 aromatic rings. The van der Waals surface area contributed by atoms with E-state index in [0.717, 1.165) is 5.92 Å². The van der Waals surface area contributed by atoms with Crippen LogP contribution in [0.2, 0.25) is 0 Å². The molecule has 0 spiro atoms. The average Bonchev–Trinajstić information content (AvgIpc) is 2.97. The van der Waals surface area contributed by atoms with Crippen LogP contribution >= 0.6 is 0 Å². The molecule has 5 nitrogen and oxygen atoms in total. The second kappa shape index (κ2) is 5.69. The number of anilines is 1. The van der Waals surface area contributed by atoms with Crippen molar-refractivity contribution in [2.45, 2.75) is 52.1 Å². The Kier molecular flexibility index (Phi) is 4.22. The maximum absolute atomic E-state index is 5.62. The second-order valence-corrected chi connectivity index (χ2v) is 5.31. The van der Waals surface area contributed by atoms with Crippen molar-refractivity contribution in [2.75, 3.05) is 12.4 Å². The van der Waals surface area contributed by atoms with E-state index in [1.165, 1.54) is 19.3 Å². The zero-order valence-corrected chi connectivity index (χ0v) is 11.7. The van der Waals surface area contributed by atoms with E-state index in [9.17, 15) is 0 Å². The molecule has 1 aromatic heterocycles. The zero-order chi connectivity index (χ0) is 13.1. The first-order valence-electron chi connectivity index (χ1n) is 6.92. The number of rotatable bonds is 5. The van der Waals surface area contributed by atoms with Gasteiger partial charge in [0, 0.05) is 6.04 Å². The molecule has 1 saturated carbocycles. The molecule has 1 aliphatic rings. The summed E-state index contributed by atoms with van der Waals surface area (Å²) in [4.78, 5) is 0. The molecule has 0 saturated heterocycles. The summed E-state index contributed by atoms with van der Waals surface area (Å²) >= 11 is 0. The SMILES string of the molecule is CCC1CCC(Nc2nnc(C(C)NC)o2)C1C. The highest BCUT2D eigenvalue weighted by molar-refractivity contribution is 5.21. The van der Waals surface area contributed by atoms with Gasteiger partial charge >= 0.3 is 6.01 Å². The molecule has 4 atom stereocenters. The maximum atomic E-state index is 5.62. The van der Waals surface area contributed by atoms with Crippen LogP contribution in [-0.2, 0) is 0 Å². The Bertz CT molecular complexity index is 379. The number of hydrogen-bond donors (Lipinski definition) is 2. The van der Waals surface area contributed by atoms with E-state index in [-0.39, 0.29) is 6.04 Å². The maximum Gasteiger partial charge on any atom is 0.315 e. The van der Waals surface area contributed by atoms with Crippen LogP contribution in [0.5, 0.6) is 0 Å². The largest absolute Gasteiger partial charge is 0.406 e. The van der Waals surface area contributed by atoms with E-state index < -0.39 is 0 Å². The summed E-state index contributed by atoms with van der Waals surface area (Å²) in [6.45, 7) is 6.58. The molecule has 1 fully saturated rings. The van der Waals surface area contributed by atoms with Crippen LogP contribution in [0, 0.1) is 11.8 Å². The van der Waals surface area contributed by atoms with E-state index in [1.54, 1.807) is 0 Å². The Labute approximate surface area is 109 Å². The molecule has 1 aliphatic carbocycles. The Balaban J connectivity index is 1.96. The van der Waals surface area contributed by atoms with Crippen molar-refractivity contribution in [3.05, 3.63) is 5.89 Å². The van der Waals surface area contributed by atoms with Gasteiger partial charge in [-0.2, -0.15) is 0 Å². The van der Waals surface area contributed by atoms with Gasteiger partial charge in [0.15, 0.2) is 0 Å². The van der Waals surface area contributed by atoms with Crippen molar-refractivity contribution >= 4 is 6.01 Å². The fourth-order valence-corrected chi connectivity index (χ4v) is 2.78. The van der Waals surface area contributed by atoms with Crippen LogP contribution in [0.15, 0.2) is 4.42 Å². The monoisotopic (exact) mass is 252 g/mol. The van der Waals surface area contributed by atoms with E-state index in [2.05, 4.69) is 34.7 Å². The van der Waals surface area contributed by atoms with Crippen LogP contribution in [0.3, 0.4) is 0 Å². The molecule has 102 valence electrons. The third-order valence-electron chi connectivity index (χ3n) is 4.30. The number of nitrogens with one attached hydrogen (secondary N) is 2. The molecule has 0 bridgehead atoms. The fraction of sp³-hybridized carbons (Fsp3) is 0.846. The summed E-state index contributed by atoms with van der Waals surface area (Å²) in [5.74, 6) is 2.13. The van der Waals surface area contributed by atoms with Crippen molar-refractivity contribution in [1.82, 2.24) is 15.5 Å². The summed E-state index contributed by atoms with van der Waals surface area (Å²) in [6, 6.07) is 1.12. The molecule has 0 radical (unpaired) electrons. The van der Waals surface area contributed by atoms with Crippen molar-refractivity contribution in [3.63, 3.8) is 0 Å². The number of hydrogen-bond acceptors (Lipinski definition) is 5. The first-order chi connectivity index (χ1) is 8.65. The third-order valence-corrected chi connectivity index (χ3v) is 4.30. The van der Waals surface area contributed by atoms with Gasteiger partial charge in [0.1, 0.15) is 0 Å². The van der Waals surface area contributed by atoms with Crippen molar-refractivity contribution in [2.24, 2.45) is 11.8 Å². The molecule has 2 N–H and O–H groups in total. The highest BCUT2D eigenvalue weighted by Gasteiger charge is 2.32. The van der Waals surface area contributed by atoms with Crippen LogP contribution in [0.1, 0.15) is 52.0 Å². The van der Waals surface area contributed by atoms with Gasteiger partial charge in [-0.15, -0.1) is 5.10 Å². The van der Waals surface area contributed by atoms with Gasteiger partial charge in [0.2, 0.25) is 5.89 Å². The number of nitrogens with zero attached hydrogens (tertiary/aromatic N) is 2. The van der Waals surface area contributed by atoms with Crippen LogP contribution < -0.4 is 10.6 Å². The lowest BCUT2D eigenvalue weighted by atomic mass is 9.94. The highest BCUT2D eigenvalue weighted by atomic mass is 16.4. The van der Waals surface area contributed by atoms with Crippen LogP contribution in [0.25, 0.3) is 0 Å². The summed E-state index contributed by atoms with van der Waals surface area (Å²) in [6.07, 6.45) is 3.74. The summed E-state index contributed by atoms with van der Waals surface area (Å²) < 4.78 is 5.62. The normalized spacial score (nSPS) is 29.4. The molecule has 0 amide bonds. The lowest BCUT2D eigenvalue weighted by Gasteiger charge is -2.19. The molecule has 5 heteroatoms. The summed E-state index contributed by atoms with van der Waals surface area (Å²) in [7, 11) is 1.88. The second-order valence-electron chi connectivity index (χ2n) is 5.31. The first-order valence-corrected chi connectivity index (χ1v) is 6.92. The van der Waals surface area contributed by atoms with Crippen LogP contribution in [0.4, 0.5) is 6.01 Å². The minimum absolute atomic E-state index is 0.0949. The van der Waals surface area contributed by atoms with Gasteiger partial charge < -0.3 is 15.1 Å². The quantitative estimate of drug-likeness (QED) is 0.843. The number of aromatic nitrogens is 2. The zero-order valence-electron chi connectivity index (χ0n) is 11.7. The van der Waals surface area contributed by atoms with Gasteiger partial charge in [0.05, 0.1) is 6.04 Å². The molecule has 2 rings (SSSR count). The molecule has 1 heterocycles. The lowest BCUT2D eigenvalue weighted by Crippen LogP contribution is -2.24. The van der Waals surface area contributed by atoms with E-state index in [1.807, 2.05) is 14.0 Å². The molecule has 18 heavy (non-hydrogen) atoms. The van der Waals surface area contributed by atoms with Crippen molar-refractivity contribution < 1.29 is 4.42 Å². The predicted molar refractivity (Wildman–Crippen MR) is 71.4 cm³/mol. The Morgan fingerprint density at radius 3 is 2.78 bits per heavy atom. The van der Waals surface area contributed by atoms with Crippen molar-refractivity contribution in [3.8, 4) is 0 Å². The van der Waals surface area contributed by atoms with Gasteiger partial charge in [0.25, 0.3) is 0 Å². The average molecular weight is 252 g/mol. The van der Waals surface area contributed by atoms with Gasteiger partial charge in [-0.25, -0.2) is 0 Å². The Hall–Kier alpha value is -1.10.